The predicted octanol–water partition coefficient (Wildman–Crippen LogP) is 1.76. The number of aliphatic hydroxyl groups is 1. The monoisotopic (exact) mass is 418 g/mol. The molecule has 1 aliphatic heterocycles. The fourth-order valence-corrected chi connectivity index (χ4v) is 4.46. The second kappa shape index (κ2) is 11.1. The van der Waals surface area contributed by atoms with E-state index in [1.54, 1.807) is 7.11 Å². The molecule has 168 valence electrons. The Morgan fingerprint density at radius 1 is 1.10 bits per heavy atom. The lowest BCUT2D eigenvalue weighted by atomic mass is 9.85. The fraction of sp³-hybridized carbons (Fsp3) is 0.696. The predicted molar refractivity (Wildman–Crippen MR) is 118 cm³/mol. The first-order valence-electron chi connectivity index (χ1n) is 11.3. The smallest absolute Gasteiger partial charge is 0.225 e. The second-order valence-corrected chi connectivity index (χ2v) is 8.80. The summed E-state index contributed by atoms with van der Waals surface area (Å²) >= 11 is 0. The van der Waals surface area contributed by atoms with Crippen LogP contribution in [0, 0.1) is 5.92 Å². The van der Waals surface area contributed by atoms with Gasteiger partial charge in [-0.1, -0.05) is 12.1 Å². The van der Waals surface area contributed by atoms with E-state index in [0.717, 1.165) is 63.2 Å². The van der Waals surface area contributed by atoms with E-state index < -0.39 is 6.35 Å². The van der Waals surface area contributed by atoms with Crippen molar-refractivity contribution in [1.82, 2.24) is 20.4 Å². The van der Waals surface area contributed by atoms with Crippen molar-refractivity contribution >= 4 is 5.91 Å². The molecule has 7 nitrogen and oxygen atoms in total. The number of methoxy groups -OCH3 is 1. The Morgan fingerprint density at radius 3 is 2.30 bits per heavy atom. The third kappa shape index (κ3) is 6.41. The summed E-state index contributed by atoms with van der Waals surface area (Å²) in [5.41, 5.74) is 1.09. The van der Waals surface area contributed by atoms with Crippen molar-refractivity contribution in [2.45, 2.75) is 64.5 Å². The number of rotatable bonds is 8. The van der Waals surface area contributed by atoms with Crippen molar-refractivity contribution in [3.05, 3.63) is 29.8 Å². The highest BCUT2D eigenvalue weighted by molar-refractivity contribution is 5.79. The molecule has 2 aliphatic rings. The van der Waals surface area contributed by atoms with Crippen LogP contribution in [0.5, 0.6) is 5.75 Å². The molecular weight excluding hydrogens is 380 g/mol. The molecule has 1 heterocycles. The van der Waals surface area contributed by atoms with Crippen molar-refractivity contribution in [1.29, 1.82) is 0 Å². The van der Waals surface area contributed by atoms with E-state index in [1.807, 2.05) is 24.3 Å². The molecule has 1 aliphatic carbocycles. The van der Waals surface area contributed by atoms with Crippen LogP contribution in [0.2, 0.25) is 0 Å². The lowest BCUT2D eigenvalue weighted by Crippen LogP contribution is -2.53. The van der Waals surface area contributed by atoms with E-state index in [2.05, 4.69) is 34.3 Å². The van der Waals surface area contributed by atoms with Crippen LogP contribution in [0.3, 0.4) is 0 Å². The van der Waals surface area contributed by atoms with Gasteiger partial charge in [0.15, 0.2) is 6.35 Å². The maximum absolute atomic E-state index is 12.9. The van der Waals surface area contributed by atoms with Crippen LogP contribution in [0.15, 0.2) is 24.3 Å². The van der Waals surface area contributed by atoms with Crippen molar-refractivity contribution < 1.29 is 14.6 Å². The van der Waals surface area contributed by atoms with Gasteiger partial charge in [-0.25, -0.2) is 0 Å². The van der Waals surface area contributed by atoms with Crippen molar-refractivity contribution in [3.8, 4) is 5.75 Å². The number of piperazine rings is 1. The first kappa shape index (κ1) is 23.0. The Morgan fingerprint density at radius 2 is 1.73 bits per heavy atom. The highest BCUT2D eigenvalue weighted by atomic mass is 16.5. The molecule has 0 aromatic heterocycles. The van der Waals surface area contributed by atoms with Gasteiger partial charge in [0.1, 0.15) is 5.75 Å². The maximum Gasteiger partial charge on any atom is 0.225 e. The molecule has 3 rings (SSSR count). The minimum absolute atomic E-state index is 0.137. The van der Waals surface area contributed by atoms with E-state index >= 15 is 0 Å². The quantitative estimate of drug-likeness (QED) is 0.559. The number of hydrogen-bond acceptors (Lipinski definition) is 6. The summed E-state index contributed by atoms with van der Waals surface area (Å²) in [6.07, 6.45) is 2.87. The Bertz CT molecular complexity index is 651. The number of nitrogens with zero attached hydrogens (tertiary/aromatic N) is 2. The molecule has 1 saturated carbocycles. The molecule has 0 spiro atoms. The molecule has 2 fully saturated rings. The van der Waals surface area contributed by atoms with E-state index in [9.17, 15) is 9.90 Å². The van der Waals surface area contributed by atoms with Gasteiger partial charge >= 0.3 is 0 Å². The topological polar surface area (TPSA) is 77.1 Å². The van der Waals surface area contributed by atoms with Gasteiger partial charge in [0.05, 0.1) is 7.11 Å². The van der Waals surface area contributed by atoms with Gasteiger partial charge in [-0.3, -0.25) is 20.3 Å². The minimum atomic E-state index is -0.756. The van der Waals surface area contributed by atoms with Gasteiger partial charge in [0, 0.05) is 50.7 Å². The summed E-state index contributed by atoms with van der Waals surface area (Å²) in [5.74, 6) is 1.29. The largest absolute Gasteiger partial charge is 0.497 e. The van der Waals surface area contributed by atoms with Gasteiger partial charge in [0.2, 0.25) is 5.91 Å². The summed E-state index contributed by atoms with van der Waals surface area (Å²) in [7, 11) is 1.65. The Hall–Kier alpha value is -1.67. The number of amides is 1. The van der Waals surface area contributed by atoms with Gasteiger partial charge in [-0.15, -0.1) is 0 Å². The van der Waals surface area contributed by atoms with Crippen LogP contribution in [-0.4, -0.2) is 72.5 Å². The molecule has 1 unspecified atom stereocenters. The number of carbonyl (C=O) groups is 1. The maximum atomic E-state index is 12.9. The summed E-state index contributed by atoms with van der Waals surface area (Å²) < 4.78 is 5.16. The summed E-state index contributed by atoms with van der Waals surface area (Å²) in [6, 6.07) is 8.58. The summed E-state index contributed by atoms with van der Waals surface area (Å²) in [4.78, 5) is 17.4. The number of ether oxygens (including phenoxy) is 1. The molecule has 0 radical (unpaired) electrons. The fourth-order valence-electron chi connectivity index (χ4n) is 4.46. The average Bonchev–Trinajstić information content (AvgIpc) is 2.78. The summed E-state index contributed by atoms with van der Waals surface area (Å²) in [6.45, 7) is 8.66. The van der Waals surface area contributed by atoms with Crippen LogP contribution in [0.1, 0.15) is 45.1 Å². The van der Waals surface area contributed by atoms with Gasteiger partial charge in [0.25, 0.3) is 0 Å². The first-order chi connectivity index (χ1) is 14.5. The molecule has 1 saturated heterocycles. The second-order valence-electron chi connectivity index (χ2n) is 8.80. The van der Waals surface area contributed by atoms with E-state index in [4.69, 9.17) is 4.74 Å². The van der Waals surface area contributed by atoms with Crippen molar-refractivity contribution in [2.75, 3.05) is 33.3 Å². The zero-order valence-corrected chi connectivity index (χ0v) is 18.6. The Kier molecular flexibility index (Phi) is 8.50. The molecule has 7 heteroatoms. The normalized spacial score (nSPS) is 24.1. The highest BCUT2D eigenvalue weighted by Gasteiger charge is 2.31. The number of nitrogens with one attached hydrogen (secondary N) is 2. The van der Waals surface area contributed by atoms with Crippen molar-refractivity contribution in [2.24, 2.45) is 5.92 Å². The molecule has 3 N–H and O–H groups in total. The first-order valence-corrected chi connectivity index (χ1v) is 11.3. The Labute approximate surface area is 180 Å². The third-order valence-electron chi connectivity index (χ3n) is 6.48. The molecule has 1 aromatic carbocycles. The molecule has 1 atom stereocenters. The minimum Gasteiger partial charge on any atom is -0.497 e. The zero-order chi connectivity index (χ0) is 21.5. The number of carbonyl (C=O) groups excluding carboxylic acids is 1. The standard InChI is InChI=1S/C23H38N4O3/c1-17(2)26-12-14-27(15-13-26)22(28)19-6-8-20(9-7-19)25-23(29)24-16-18-4-10-21(30-3)11-5-18/h4-5,10-11,17,19-20,23-25,29H,6-9,12-16H2,1-3H3. The lowest BCUT2D eigenvalue weighted by molar-refractivity contribution is -0.138. The number of aliphatic hydroxyl groups excluding tert-OH is 1. The van der Waals surface area contributed by atoms with Crippen LogP contribution in [0.4, 0.5) is 0 Å². The SMILES string of the molecule is COc1ccc(CNC(O)NC2CCC(C(=O)N3CCN(C(C)C)CC3)CC2)cc1. The van der Waals surface area contributed by atoms with Crippen LogP contribution in [0.25, 0.3) is 0 Å². The molecule has 0 bridgehead atoms. The summed E-state index contributed by atoms with van der Waals surface area (Å²) in [5, 5.41) is 16.6. The number of benzene rings is 1. The molecule has 1 amide bonds. The van der Waals surface area contributed by atoms with Gasteiger partial charge < -0.3 is 14.7 Å². The molecule has 1 aromatic rings. The van der Waals surface area contributed by atoms with Crippen LogP contribution >= 0.6 is 0 Å². The third-order valence-corrected chi connectivity index (χ3v) is 6.48. The van der Waals surface area contributed by atoms with Crippen LogP contribution in [-0.2, 0) is 11.3 Å². The van der Waals surface area contributed by atoms with Crippen molar-refractivity contribution in [3.63, 3.8) is 0 Å². The van der Waals surface area contributed by atoms with Gasteiger partial charge in [-0.05, 0) is 57.2 Å². The molecular formula is C23H38N4O3. The molecule has 30 heavy (non-hydrogen) atoms. The van der Waals surface area contributed by atoms with E-state index in [0.29, 0.717) is 18.5 Å². The number of hydrogen-bond donors (Lipinski definition) is 3. The zero-order valence-electron chi connectivity index (χ0n) is 18.6. The van der Waals surface area contributed by atoms with E-state index in [-0.39, 0.29) is 12.0 Å². The lowest BCUT2D eigenvalue weighted by Gasteiger charge is -2.39. The average molecular weight is 419 g/mol. The van der Waals surface area contributed by atoms with Crippen LogP contribution < -0.4 is 15.4 Å². The van der Waals surface area contributed by atoms with E-state index in [1.165, 1.54) is 0 Å². The Balaban J connectivity index is 1.35. The highest BCUT2D eigenvalue weighted by Crippen LogP contribution is 2.26. The van der Waals surface area contributed by atoms with Gasteiger partial charge in [-0.2, -0.15) is 0 Å².